The lowest BCUT2D eigenvalue weighted by Crippen LogP contribution is -2.03. The van der Waals surface area contributed by atoms with Gasteiger partial charge in [0.05, 0.1) is 11.0 Å². The SMILES string of the molecule is Cc1ccc2nc(NCCCl)[nH]c2c1. The van der Waals surface area contributed by atoms with E-state index in [-0.39, 0.29) is 0 Å². The second-order valence-electron chi connectivity index (χ2n) is 3.22. The van der Waals surface area contributed by atoms with Crippen LogP contribution in [0.15, 0.2) is 18.2 Å². The Hall–Kier alpha value is -1.22. The highest BCUT2D eigenvalue weighted by molar-refractivity contribution is 6.18. The zero-order valence-corrected chi connectivity index (χ0v) is 8.73. The zero-order valence-electron chi connectivity index (χ0n) is 7.97. The minimum absolute atomic E-state index is 0.579. The number of halogens is 1. The summed E-state index contributed by atoms with van der Waals surface area (Å²) in [4.78, 5) is 7.56. The number of aromatic amines is 1. The Bertz CT molecular complexity index is 436. The highest BCUT2D eigenvalue weighted by atomic mass is 35.5. The van der Waals surface area contributed by atoms with E-state index in [1.54, 1.807) is 0 Å². The summed E-state index contributed by atoms with van der Waals surface area (Å²) in [5.41, 5.74) is 3.26. The lowest BCUT2D eigenvalue weighted by Gasteiger charge is -1.95. The number of H-pyrrole nitrogens is 1. The summed E-state index contributed by atoms with van der Waals surface area (Å²) in [5, 5.41) is 3.10. The lowest BCUT2D eigenvalue weighted by atomic mass is 10.2. The monoisotopic (exact) mass is 209 g/mol. The third-order valence-corrected chi connectivity index (χ3v) is 2.21. The van der Waals surface area contributed by atoms with Gasteiger partial charge >= 0.3 is 0 Å². The van der Waals surface area contributed by atoms with Gasteiger partial charge in [-0.15, -0.1) is 11.6 Å². The van der Waals surface area contributed by atoms with Gasteiger partial charge < -0.3 is 10.3 Å². The fourth-order valence-electron chi connectivity index (χ4n) is 1.37. The summed E-state index contributed by atoms with van der Waals surface area (Å²) in [6, 6.07) is 6.13. The molecule has 0 bridgehead atoms. The van der Waals surface area contributed by atoms with Crippen LogP contribution in [0.5, 0.6) is 0 Å². The molecule has 0 aliphatic heterocycles. The summed E-state index contributed by atoms with van der Waals surface area (Å²) < 4.78 is 0. The van der Waals surface area contributed by atoms with Crippen molar-refractivity contribution in [3.63, 3.8) is 0 Å². The van der Waals surface area contributed by atoms with Crippen LogP contribution in [0.25, 0.3) is 11.0 Å². The van der Waals surface area contributed by atoms with Gasteiger partial charge in [-0.2, -0.15) is 0 Å². The normalized spacial score (nSPS) is 10.7. The number of nitrogens with zero attached hydrogens (tertiary/aromatic N) is 1. The van der Waals surface area contributed by atoms with Crippen molar-refractivity contribution in [2.45, 2.75) is 6.92 Å². The number of alkyl halides is 1. The number of fused-ring (bicyclic) bond motifs is 1. The highest BCUT2D eigenvalue weighted by Gasteiger charge is 2.00. The van der Waals surface area contributed by atoms with Crippen LogP contribution in [0.1, 0.15) is 5.56 Å². The van der Waals surface area contributed by atoms with Crippen LogP contribution in [-0.2, 0) is 0 Å². The molecule has 1 aromatic heterocycles. The third kappa shape index (κ3) is 1.82. The molecule has 0 amide bonds. The molecule has 1 aromatic carbocycles. The van der Waals surface area contributed by atoms with Gasteiger partial charge in [-0.25, -0.2) is 4.98 Å². The van der Waals surface area contributed by atoms with Gasteiger partial charge in [0.1, 0.15) is 0 Å². The molecule has 2 N–H and O–H groups in total. The molecule has 0 saturated heterocycles. The van der Waals surface area contributed by atoms with Crippen LogP contribution in [0.4, 0.5) is 5.95 Å². The van der Waals surface area contributed by atoms with E-state index in [4.69, 9.17) is 11.6 Å². The average molecular weight is 210 g/mol. The van der Waals surface area contributed by atoms with E-state index in [9.17, 15) is 0 Å². The van der Waals surface area contributed by atoms with Crippen molar-refractivity contribution in [3.05, 3.63) is 23.8 Å². The Morgan fingerprint density at radius 2 is 2.36 bits per heavy atom. The van der Waals surface area contributed by atoms with Gasteiger partial charge in [0.25, 0.3) is 0 Å². The Kier molecular flexibility index (Phi) is 2.59. The topological polar surface area (TPSA) is 40.7 Å². The molecule has 2 rings (SSSR count). The maximum atomic E-state index is 5.57. The second-order valence-corrected chi connectivity index (χ2v) is 3.60. The van der Waals surface area contributed by atoms with Crippen molar-refractivity contribution in [1.29, 1.82) is 0 Å². The first-order valence-corrected chi connectivity index (χ1v) is 5.09. The Labute approximate surface area is 87.5 Å². The Balaban J connectivity index is 2.32. The molecule has 0 saturated carbocycles. The smallest absolute Gasteiger partial charge is 0.201 e. The standard InChI is InChI=1S/C10H12ClN3/c1-7-2-3-8-9(6-7)14-10(13-8)12-5-4-11/h2-3,6H,4-5H2,1H3,(H2,12,13,14). The maximum Gasteiger partial charge on any atom is 0.201 e. The molecule has 74 valence electrons. The van der Waals surface area contributed by atoms with Crippen molar-refractivity contribution in [1.82, 2.24) is 9.97 Å². The average Bonchev–Trinajstić information content (AvgIpc) is 2.56. The lowest BCUT2D eigenvalue weighted by molar-refractivity contribution is 1.15. The summed E-state index contributed by atoms with van der Waals surface area (Å²) in [7, 11) is 0. The number of benzene rings is 1. The van der Waals surface area contributed by atoms with Gasteiger partial charge in [0.2, 0.25) is 5.95 Å². The highest BCUT2D eigenvalue weighted by Crippen LogP contribution is 2.15. The van der Waals surface area contributed by atoms with E-state index in [1.807, 2.05) is 6.07 Å². The molecule has 0 unspecified atom stereocenters. The van der Waals surface area contributed by atoms with E-state index in [1.165, 1.54) is 5.56 Å². The Morgan fingerprint density at radius 3 is 3.14 bits per heavy atom. The molecule has 4 heteroatoms. The van der Waals surface area contributed by atoms with Crippen molar-refractivity contribution in [2.75, 3.05) is 17.7 Å². The van der Waals surface area contributed by atoms with E-state index in [0.717, 1.165) is 23.5 Å². The van der Waals surface area contributed by atoms with Crippen LogP contribution >= 0.6 is 11.6 Å². The summed E-state index contributed by atoms with van der Waals surface area (Å²) >= 11 is 5.57. The van der Waals surface area contributed by atoms with Gasteiger partial charge in [0, 0.05) is 12.4 Å². The molecular formula is C10H12ClN3. The summed E-state index contributed by atoms with van der Waals surface area (Å²) in [6.07, 6.45) is 0. The van der Waals surface area contributed by atoms with Crippen LogP contribution < -0.4 is 5.32 Å². The van der Waals surface area contributed by atoms with Crippen molar-refractivity contribution >= 4 is 28.6 Å². The number of rotatable bonds is 3. The first kappa shape index (κ1) is 9.34. The van der Waals surface area contributed by atoms with Crippen LogP contribution in [-0.4, -0.2) is 22.4 Å². The summed E-state index contributed by atoms with van der Waals surface area (Å²) in [6.45, 7) is 2.78. The molecule has 14 heavy (non-hydrogen) atoms. The van der Waals surface area contributed by atoms with E-state index in [0.29, 0.717) is 5.88 Å². The minimum atomic E-state index is 0.579. The third-order valence-electron chi connectivity index (χ3n) is 2.02. The van der Waals surface area contributed by atoms with Crippen LogP contribution in [0.3, 0.4) is 0 Å². The number of aryl methyl sites for hydroxylation is 1. The number of imidazole rings is 1. The molecule has 0 aliphatic carbocycles. The number of hydrogen-bond acceptors (Lipinski definition) is 2. The molecule has 0 atom stereocenters. The quantitative estimate of drug-likeness (QED) is 0.763. The number of aromatic nitrogens is 2. The van der Waals surface area contributed by atoms with E-state index >= 15 is 0 Å². The molecule has 0 aliphatic rings. The summed E-state index contributed by atoms with van der Waals surface area (Å²) in [5.74, 6) is 1.36. The largest absolute Gasteiger partial charge is 0.355 e. The molecule has 0 spiro atoms. The van der Waals surface area contributed by atoms with Gasteiger partial charge in [0.15, 0.2) is 0 Å². The van der Waals surface area contributed by atoms with E-state index in [2.05, 4.69) is 34.3 Å². The van der Waals surface area contributed by atoms with Crippen molar-refractivity contribution < 1.29 is 0 Å². The maximum absolute atomic E-state index is 5.57. The number of hydrogen-bond donors (Lipinski definition) is 2. The van der Waals surface area contributed by atoms with Gasteiger partial charge in [-0.1, -0.05) is 6.07 Å². The molecular weight excluding hydrogens is 198 g/mol. The fraction of sp³-hybridized carbons (Fsp3) is 0.300. The van der Waals surface area contributed by atoms with Gasteiger partial charge in [-0.3, -0.25) is 0 Å². The fourth-order valence-corrected chi connectivity index (χ4v) is 1.47. The molecule has 3 nitrogen and oxygen atoms in total. The molecule has 1 heterocycles. The van der Waals surface area contributed by atoms with E-state index < -0.39 is 0 Å². The van der Waals surface area contributed by atoms with Crippen molar-refractivity contribution in [3.8, 4) is 0 Å². The Morgan fingerprint density at radius 1 is 1.50 bits per heavy atom. The number of anilines is 1. The first-order chi connectivity index (χ1) is 6.79. The van der Waals surface area contributed by atoms with Crippen molar-refractivity contribution in [2.24, 2.45) is 0 Å². The molecule has 0 radical (unpaired) electrons. The zero-order chi connectivity index (χ0) is 9.97. The van der Waals surface area contributed by atoms with Crippen LogP contribution in [0, 0.1) is 6.92 Å². The molecule has 2 aromatic rings. The first-order valence-electron chi connectivity index (χ1n) is 4.56. The predicted molar refractivity (Wildman–Crippen MR) is 60.0 cm³/mol. The minimum Gasteiger partial charge on any atom is -0.355 e. The molecule has 0 fully saturated rings. The number of nitrogens with one attached hydrogen (secondary N) is 2. The van der Waals surface area contributed by atoms with Crippen LogP contribution in [0.2, 0.25) is 0 Å². The van der Waals surface area contributed by atoms with Gasteiger partial charge in [-0.05, 0) is 24.6 Å². The second kappa shape index (κ2) is 3.88. The predicted octanol–water partition coefficient (Wildman–Crippen LogP) is 2.52.